The first-order chi connectivity index (χ1) is 27.8. The van der Waals surface area contributed by atoms with Crippen molar-refractivity contribution < 1.29 is 0 Å². The van der Waals surface area contributed by atoms with E-state index in [9.17, 15) is 0 Å². The Kier molecular flexibility index (Phi) is 8.55. The fraction of sp³-hybridized carbons (Fsp3) is 0. The first-order valence-electron chi connectivity index (χ1n) is 19.2. The quantitative estimate of drug-likeness (QED) is 0.152. The highest BCUT2D eigenvalue weighted by Crippen LogP contribution is 2.43. The van der Waals surface area contributed by atoms with Gasteiger partial charge in [0.25, 0.3) is 0 Å². The summed E-state index contributed by atoms with van der Waals surface area (Å²) in [6.45, 7) is 0. The summed E-state index contributed by atoms with van der Waals surface area (Å²) in [4.78, 5) is 2.38. The van der Waals surface area contributed by atoms with Crippen molar-refractivity contribution in [2.45, 2.75) is 0 Å². The third-order valence-electron chi connectivity index (χ3n) is 10.8. The second-order valence-corrected chi connectivity index (χ2v) is 14.1. The van der Waals surface area contributed by atoms with Gasteiger partial charge in [-0.2, -0.15) is 0 Å². The van der Waals surface area contributed by atoms with Gasteiger partial charge in [-0.15, -0.1) is 0 Å². The molecule has 0 atom stereocenters. The predicted molar refractivity (Wildman–Crippen MR) is 237 cm³/mol. The molecule has 2 nitrogen and oxygen atoms in total. The molecule has 9 aromatic carbocycles. The van der Waals surface area contributed by atoms with Crippen molar-refractivity contribution in [3.8, 4) is 50.2 Å². The van der Waals surface area contributed by atoms with E-state index in [1.807, 2.05) is 0 Å². The van der Waals surface area contributed by atoms with Gasteiger partial charge in [-0.05, 0) is 81.9 Å². The van der Waals surface area contributed by atoms with E-state index in [4.69, 9.17) is 0 Å². The van der Waals surface area contributed by atoms with Crippen LogP contribution < -0.4 is 4.90 Å². The molecular formula is C54H38N2. The highest BCUT2D eigenvalue weighted by Gasteiger charge is 2.19. The first-order valence-corrected chi connectivity index (χ1v) is 19.2. The Bertz CT molecular complexity index is 2870. The Hall–Kier alpha value is -7.42. The van der Waals surface area contributed by atoms with Crippen molar-refractivity contribution in [1.29, 1.82) is 0 Å². The molecule has 1 aromatic heterocycles. The molecule has 0 unspecified atom stereocenters. The summed E-state index contributed by atoms with van der Waals surface area (Å²) in [6.07, 6.45) is 0. The highest BCUT2D eigenvalue weighted by molar-refractivity contribution is 6.10. The van der Waals surface area contributed by atoms with E-state index in [0.717, 1.165) is 33.9 Å². The Morgan fingerprint density at radius 2 is 0.696 bits per heavy atom. The fourth-order valence-electron chi connectivity index (χ4n) is 8.13. The SMILES string of the molecule is c1ccc(-c2ccc(N(c3ccc(-c4ccc(-c5ccccc5)c(-n5c6ccccc6c6ccccc65)c4)cc3)c3ccccc3-c3ccccc3)cc2)cc1. The summed E-state index contributed by atoms with van der Waals surface area (Å²) in [7, 11) is 0. The second kappa shape index (κ2) is 14.4. The molecule has 10 aromatic rings. The van der Waals surface area contributed by atoms with Gasteiger partial charge in [-0.1, -0.05) is 182 Å². The summed E-state index contributed by atoms with van der Waals surface area (Å²) in [5.41, 5.74) is 16.3. The molecule has 0 aliphatic carbocycles. The van der Waals surface area contributed by atoms with Gasteiger partial charge in [0.05, 0.1) is 22.4 Å². The zero-order valence-corrected chi connectivity index (χ0v) is 30.8. The van der Waals surface area contributed by atoms with Gasteiger partial charge in [0.1, 0.15) is 0 Å². The normalized spacial score (nSPS) is 11.2. The molecule has 0 radical (unpaired) electrons. The Labute approximate surface area is 327 Å². The van der Waals surface area contributed by atoms with Crippen LogP contribution in [0.2, 0.25) is 0 Å². The molecule has 0 saturated carbocycles. The van der Waals surface area contributed by atoms with Crippen LogP contribution in [0.1, 0.15) is 0 Å². The van der Waals surface area contributed by atoms with Crippen LogP contribution >= 0.6 is 0 Å². The van der Waals surface area contributed by atoms with Crippen LogP contribution in [0.5, 0.6) is 0 Å². The number of hydrogen-bond acceptors (Lipinski definition) is 1. The predicted octanol–water partition coefficient (Wildman–Crippen LogP) is 14.9. The Morgan fingerprint density at radius 3 is 1.27 bits per heavy atom. The zero-order chi connectivity index (χ0) is 37.3. The number of fused-ring (bicyclic) bond motifs is 3. The van der Waals surface area contributed by atoms with Crippen LogP contribution in [0.15, 0.2) is 231 Å². The molecule has 56 heavy (non-hydrogen) atoms. The van der Waals surface area contributed by atoms with Gasteiger partial charge in [0.15, 0.2) is 0 Å². The lowest BCUT2D eigenvalue weighted by Gasteiger charge is -2.28. The number of anilines is 3. The lowest BCUT2D eigenvalue weighted by molar-refractivity contribution is 1.18. The van der Waals surface area contributed by atoms with Crippen LogP contribution in [0, 0.1) is 0 Å². The molecule has 2 heteroatoms. The van der Waals surface area contributed by atoms with E-state index in [1.165, 1.54) is 55.2 Å². The van der Waals surface area contributed by atoms with Gasteiger partial charge in [-0.25, -0.2) is 0 Å². The Morgan fingerprint density at radius 1 is 0.286 bits per heavy atom. The second-order valence-electron chi connectivity index (χ2n) is 14.1. The summed E-state index contributed by atoms with van der Waals surface area (Å²) in [6, 6.07) is 83.0. The molecule has 0 bridgehead atoms. The smallest absolute Gasteiger partial charge is 0.0546 e. The van der Waals surface area contributed by atoms with Crippen molar-refractivity contribution in [2.24, 2.45) is 0 Å². The number of rotatable bonds is 8. The molecule has 0 fully saturated rings. The molecule has 0 aliphatic heterocycles. The van der Waals surface area contributed by atoms with Crippen molar-refractivity contribution in [3.63, 3.8) is 0 Å². The molecule has 0 saturated heterocycles. The molecule has 0 amide bonds. The van der Waals surface area contributed by atoms with Gasteiger partial charge in [0, 0.05) is 33.3 Å². The number of hydrogen-bond donors (Lipinski definition) is 0. The van der Waals surface area contributed by atoms with Crippen LogP contribution in [-0.4, -0.2) is 4.57 Å². The minimum absolute atomic E-state index is 1.09. The molecular weight excluding hydrogens is 677 g/mol. The minimum Gasteiger partial charge on any atom is -0.310 e. The number of nitrogens with zero attached hydrogens (tertiary/aromatic N) is 2. The van der Waals surface area contributed by atoms with Crippen LogP contribution in [-0.2, 0) is 0 Å². The Balaban J connectivity index is 1.11. The van der Waals surface area contributed by atoms with Crippen LogP contribution in [0.25, 0.3) is 72.0 Å². The molecule has 0 spiro atoms. The van der Waals surface area contributed by atoms with E-state index < -0.39 is 0 Å². The van der Waals surface area contributed by atoms with E-state index in [-0.39, 0.29) is 0 Å². The summed E-state index contributed by atoms with van der Waals surface area (Å²) < 4.78 is 2.44. The zero-order valence-electron chi connectivity index (χ0n) is 30.8. The number of aromatic nitrogens is 1. The number of benzene rings is 9. The maximum absolute atomic E-state index is 2.44. The van der Waals surface area contributed by atoms with Crippen molar-refractivity contribution in [1.82, 2.24) is 4.57 Å². The molecule has 1 heterocycles. The maximum Gasteiger partial charge on any atom is 0.0546 e. The summed E-state index contributed by atoms with van der Waals surface area (Å²) in [5, 5.41) is 2.51. The largest absolute Gasteiger partial charge is 0.310 e. The van der Waals surface area contributed by atoms with Crippen molar-refractivity contribution in [3.05, 3.63) is 231 Å². The molecule has 10 rings (SSSR count). The number of para-hydroxylation sites is 3. The van der Waals surface area contributed by atoms with E-state index >= 15 is 0 Å². The van der Waals surface area contributed by atoms with Crippen molar-refractivity contribution in [2.75, 3.05) is 4.90 Å². The summed E-state index contributed by atoms with van der Waals surface area (Å²) >= 11 is 0. The van der Waals surface area contributed by atoms with Gasteiger partial charge in [0.2, 0.25) is 0 Å². The van der Waals surface area contributed by atoms with E-state index in [0.29, 0.717) is 0 Å². The lowest BCUT2D eigenvalue weighted by atomic mass is 9.97. The summed E-state index contributed by atoms with van der Waals surface area (Å²) in [5.74, 6) is 0. The third-order valence-corrected chi connectivity index (χ3v) is 10.8. The average molecular weight is 715 g/mol. The van der Waals surface area contributed by atoms with E-state index in [2.05, 4.69) is 240 Å². The molecule has 0 N–H and O–H groups in total. The van der Waals surface area contributed by atoms with Crippen LogP contribution in [0.3, 0.4) is 0 Å². The lowest BCUT2D eigenvalue weighted by Crippen LogP contribution is -2.11. The maximum atomic E-state index is 2.44. The average Bonchev–Trinajstić information content (AvgIpc) is 3.62. The molecule has 264 valence electrons. The topological polar surface area (TPSA) is 8.17 Å². The first kappa shape index (κ1) is 33.2. The van der Waals surface area contributed by atoms with Gasteiger partial charge < -0.3 is 9.47 Å². The van der Waals surface area contributed by atoms with Crippen LogP contribution in [0.4, 0.5) is 17.1 Å². The highest BCUT2D eigenvalue weighted by atomic mass is 15.1. The minimum atomic E-state index is 1.09. The van der Waals surface area contributed by atoms with Gasteiger partial charge in [-0.3, -0.25) is 0 Å². The fourth-order valence-corrected chi connectivity index (χ4v) is 8.13. The standard InChI is InChI=1S/C54H38N2/c1-4-16-39(17-5-1)40-28-33-45(34-29-40)55(51-25-13-10-22-47(51)42-18-6-2-7-19-42)46-35-30-41(31-36-46)44-32-37-48(43-20-8-3-9-21-43)54(38-44)56-52-26-14-11-23-49(52)50-24-12-15-27-53(50)56/h1-38H. The van der Waals surface area contributed by atoms with Crippen molar-refractivity contribution >= 4 is 38.9 Å². The monoisotopic (exact) mass is 714 g/mol. The molecule has 0 aliphatic rings. The third kappa shape index (κ3) is 6.04. The van der Waals surface area contributed by atoms with Gasteiger partial charge >= 0.3 is 0 Å². The van der Waals surface area contributed by atoms with E-state index in [1.54, 1.807) is 0 Å².